The van der Waals surface area contributed by atoms with E-state index in [1.54, 1.807) is 4.90 Å². The summed E-state index contributed by atoms with van der Waals surface area (Å²) in [5.41, 5.74) is 0.357. The van der Waals surface area contributed by atoms with Crippen LogP contribution in [0.3, 0.4) is 0 Å². The topological polar surface area (TPSA) is 104 Å². The maximum Gasteiger partial charge on any atom is 0.254 e. The Morgan fingerprint density at radius 2 is 2.05 bits per heavy atom. The number of carbonyl (C=O) groups is 1. The first-order valence-corrected chi connectivity index (χ1v) is 9.55. The number of thiophene rings is 1. The van der Waals surface area contributed by atoms with Gasteiger partial charge in [-0.15, -0.1) is 11.3 Å². The third kappa shape index (κ3) is 4.26. The van der Waals surface area contributed by atoms with E-state index in [1.165, 1.54) is 11.4 Å². The van der Waals surface area contributed by atoms with Gasteiger partial charge in [-0.1, -0.05) is 6.92 Å². The molecule has 0 spiro atoms. The molecule has 0 saturated carbocycles. The lowest BCUT2D eigenvalue weighted by atomic mass is 10.2. The predicted molar refractivity (Wildman–Crippen MR) is 84.3 cm³/mol. The van der Waals surface area contributed by atoms with E-state index in [1.807, 2.05) is 6.92 Å². The lowest BCUT2D eigenvalue weighted by Crippen LogP contribution is -2.50. The number of amides is 1. The van der Waals surface area contributed by atoms with Crippen molar-refractivity contribution in [3.8, 4) is 0 Å². The Morgan fingerprint density at radius 3 is 2.55 bits per heavy atom. The number of rotatable bonds is 5. The number of nitrogens with two attached hydrogens (primary N) is 1. The Balaban J connectivity index is 1.94. The highest BCUT2D eigenvalue weighted by atomic mass is 32.2. The van der Waals surface area contributed by atoms with E-state index in [4.69, 9.17) is 5.14 Å². The number of sulfonamides is 1. The largest absolute Gasteiger partial charge is 0.392 e. The van der Waals surface area contributed by atoms with Gasteiger partial charge < -0.3 is 10.0 Å². The highest BCUT2D eigenvalue weighted by Gasteiger charge is 2.24. The molecule has 2 heterocycles. The van der Waals surface area contributed by atoms with Crippen molar-refractivity contribution in [2.24, 2.45) is 5.14 Å². The molecular formula is C13H21N3O4S2. The van der Waals surface area contributed by atoms with Crippen LogP contribution in [0.25, 0.3) is 0 Å². The second-order valence-corrected chi connectivity index (χ2v) is 8.05. The second-order valence-electron chi connectivity index (χ2n) is 5.35. The summed E-state index contributed by atoms with van der Waals surface area (Å²) in [4.78, 5) is 16.2. The van der Waals surface area contributed by atoms with E-state index in [9.17, 15) is 18.3 Å². The van der Waals surface area contributed by atoms with Gasteiger partial charge in [-0.3, -0.25) is 9.69 Å². The van der Waals surface area contributed by atoms with Gasteiger partial charge in [0, 0.05) is 38.1 Å². The lowest BCUT2D eigenvalue weighted by molar-refractivity contribution is 0.0524. The number of hydrogen-bond acceptors (Lipinski definition) is 6. The molecule has 1 aliphatic rings. The first-order valence-electron chi connectivity index (χ1n) is 7.12. The van der Waals surface area contributed by atoms with Crippen molar-refractivity contribution in [2.45, 2.75) is 23.7 Å². The highest BCUT2D eigenvalue weighted by Crippen LogP contribution is 2.20. The van der Waals surface area contributed by atoms with Crippen LogP contribution >= 0.6 is 11.3 Å². The van der Waals surface area contributed by atoms with Gasteiger partial charge in [-0.2, -0.15) is 0 Å². The Kier molecular flexibility index (Phi) is 5.56. The maximum atomic E-state index is 12.4. The molecule has 22 heavy (non-hydrogen) atoms. The molecule has 0 radical (unpaired) electrons. The fourth-order valence-corrected chi connectivity index (χ4v) is 3.90. The van der Waals surface area contributed by atoms with Crippen LogP contribution in [0.2, 0.25) is 0 Å². The van der Waals surface area contributed by atoms with E-state index >= 15 is 0 Å². The molecule has 1 aromatic heterocycles. The molecule has 1 saturated heterocycles. The molecule has 3 N–H and O–H groups in total. The van der Waals surface area contributed by atoms with E-state index < -0.39 is 10.0 Å². The zero-order chi connectivity index (χ0) is 16.3. The number of piperazine rings is 1. The molecular weight excluding hydrogens is 326 g/mol. The summed E-state index contributed by atoms with van der Waals surface area (Å²) in [6.07, 6.45) is 0.376. The molecule has 2 rings (SSSR count). The molecule has 1 aromatic rings. The molecule has 0 aliphatic carbocycles. The number of carbonyl (C=O) groups excluding carboxylic acids is 1. The van der Waals surface area contributed by atoms with Gasteiger partial charge in [-0.25, -0.2) is 13.6 Å². The van der Waals surface area contributed by atoms with Crippen molar-refractivity contribution < 1.29 is 18.3 Å². The number of nitrogens with zero attached hydrogens (tertiary/aromatic N) is 2. The van der Waals surface area contributed by atoms with Crippen LogP contribution in [0, 0.1) is 0 Å². The van der Waals surface area contributed by atoms with Gasteiger partial charge in [0.1, 0.15) is 4.21 Å². The molecule has 0 bridgehead atoms. The van der Waals surface area contributed by atoms with Crippen molar-refractivity contribution in [1.82, 2.24) is 9.80 Å². The SMILES string of the molecule is CC[C@H](O)CN1CCN(C(=O)c2csc(S(N)(=O)=O)c2)CC1. The van der Waals surface area contributed by atoms with Gasteiger partial charge in [0.25, 0.3) is 5.91 Å². The summed E-state index contributed by atoms with van der Waals surface area (Å²) in [5.74, 6) is -0.179. The zero-order valence-electron chi connectivity index (χ0n) is 12.4. The molecule has 7 nitrogen and oxygen atoms in total. The van der Waals surface area contributed by atoms with Gasteiger partial charge in [0.05, 0.1) is 11.7 Å². The Labute approximate surface area is 134 Å². The maximum absolute atomic E-state index is 12.4. The first-order chi connectivity index (χ1) is 10.3. The van der Waals surface area contributed by atoms with Crippen LogP contribution in [0.5, 0.6) is 0 Å². The van der Waals surface area contributed by atoms with Crippen LogP contribution in [0.1, 0.15) is 23.7 Å². The van der Waals surface area contributed by atoms with Crippen molar-refractivity contribution in [2.75, 3.05) is 32.7 Å². The minimum Gasteiger partial charge on any atom is -0.392 e. The molecule has 9 heteroatoms. The second kappa shape index (κ2) is 7.05. The summed E-state index contributed by atoms with van der Waals surface area (Å²) in [6, 6.07) is 1.33. The summed E-state index contributed by atoms with van der Waals surface area (Å²) < 4.78 is 22.5. The minimum atomic E-state index is -3.76. The molecule has 1 fully saturated rings. The lowest BCUT2D eigenvalue weighted by Gasteiger charge is -2.35. The van der Waals surface area contributed by atoms with Crippen molar-refractivity contribution >= 4 is 27.3 Å². The monoisotopic (exact) mass is 347 g/mol. The molecule has 1 aliphatic heterocycles. The zero-order valence-corrected chi connectivity index (χ0v) is 14.1. The molecule has 124 valence electrons. The molecule has 1 atom stereocenters. The van der Waals surface area contributed by atoms with Crippen molar-refractivity contribution in [3.63, 3.8) is 0 Å². The van der Waals surface area contributed by atoms with Crippen LogP contribution < -0.4 is 5.14 Å². The van der Waals surface area contributed by atoms with Crippen LogP contribution in [0.4, 0.5) is 0 Å². The fraction of sp³-hybridized carbons (Fsp3) is 0.615. The van der Waals surface area contributed by atoms with E-state index in [0.29, 0.717) is 44.7 Å². The van der Waals surface area contributed by atoms with Crippen molar-refractivity contribution in [1.29, 1.82) is 0 Å². The third-order valence-corrected chi connectivity index (χ3v) is 6.09. The minimum absolute atomic E-state index is 0.000513. The summed E-state index contributed by atoms with van der Waals surface area (Å²) >= 11 is 0.957. The summed E-state index contributed by atoms with van der Waals surface area (Å²) in [5, 5.41) is 16.2. The summed E-state index contributed by atoms with van der Waals surface area (Å²) in [7, 11) is -3.76. The Morgan fingerprint density at radius 1 is 1.41 bits per heavy atom. The van der Waals surface area contributed by atoms with Crippen LogP contribution in [0.15, 0.2) is 15.7 Å². The highest BCUT2D eigenvalue weighted by molar-refractivity contribution is 7.91. The van der Waals surface area contributed by atoms with Crippen LogP contribution in [-0.2, 0) is 10.0 Å². The standard InChI is InChI=1S/C13H21N3O4S2/c1-2-11(17)8-15-3-5-16(6-4-15)13(18)10-7-12(21-9-10)22(14,19)20/h7,9,11,17H,2-6,8H2,1H3,(H2,14,19,20)/t11-/m0/s1. The Bertz CT molecular complexity index is 621. The van der Waals surface area contributed by atoms with Gasteiger partial charge in [0.2, 0.25) is 10.0 Å². The predicted octanol–water partition coefficient (Wildman–Crippen LogP) is -0.0758. The quantitative estimate of drug-likeness (QED) is 0.775. The molecule has 0 aromatic carbocycles. The number of aliphatic hydroxyl groups excluding tert-OH is 1. The number of hydrogen-bond donors (Lipinski definition) is 2. The van der Waals surface area contributed by atoms with E-state index in [2.05, 4.69) is 4.90 Å². The van der Waals surface area contributed by atoms with Gasteiger partial charge in [0.15, 0.2) is 0 Å². The summed E-state index contributed by atoms with van der Waals surface area (Å²) in [6.45, 7) is 5.09. The molecule has 1 amide bonds. The average molecular weight is 347 g/mol. The Hall–Kier alpha value is -1.00. The normalized spacial score (nSPS) is 18.4. The number of primary sulfonamides is 1. The van der Waals surface area contributed by atoms with Gasteiger partial charge >= 0.3 is 0 Å². The van der Waals surface area contributed by atoms with E-state index in [-0.39, 0.29) is 16.2 Å². The van der Waals surface area contributed by atoms with E-state index in [0.717, 1.165) is 11.3 Å². The number of aliphatic hydroxyl groups is 1. The fourth-order valence-electron chi connectivity index (χ4n) is 2.32. The van der Waals surface area contributed by atoms with Crippen molar-refractivity contribution in [3.05, 3.63) is 17.0 Å². The average Bonchev–Trinajstić information content (AvgIpc) is 2.97. The third-order valence-electron chi connectivity index (χ3n) is 3.70. The first kappa shape index (κ1) is 17.4. The van der Waals surface area contributed by atoms with Gasteiger partial charge in [-0.05, 0) is 12.5 Å². The smallest absolute Gasteiger partial charge is 0.254 e. The number of β-amino-alcohol motifs (C(OH)–C–C–N with tert-alkyl or cyclic N) is 1. The van der Waals surface area contributed by atoms with Crippen LogP contribution in [-0.4, -0.2) is 68.1 Å². The molecule has 0 unspecified atom stereocenters.